The lowest BCUT2D eigenvalue weighted by Gasteiger charge is -2.03. The molecule has 0 unspecified atom stereocenters. The molecule has 0 aliphatic carbocycles. The first-order chi connectivity index (χ1) is 9.72. The summed E-state index contributed by atoms with van der Waals surface area (Å²) in [4.78, 5) is 3.94. The number of aromatic hydroxyl groups is 1. The Morgan fingerprint density at radius 3 is 2.60 bits per heavy atom. The highest BCUT2D eigenvalue weighted by atomic mass is 32.2. The van der Waals surface area contributed by atoms with Crippen LogP contribution in [0.5, 0.6) is 5.75 Å². The third-order valence-corrected chi connectivity index (χ3v) is 3.32. The lowest BCUT2D eigenvalue weighted by molar-refractivity contribution is 0.475. The van der Waals surface area contributed by atoms with Crippen molar-refractivity contribution in [3.63, 3.8) is 0 Å². The molecule has 3 rings (SSSR count). The molecule has 0 saturated heterocycles. The van der Waals surface area contributed by atoms with E-state index in [0.717, 1.165) is 6.20 Å². The van der Waals surface area contributed by atoms with E-state index in [1.165, 1.54) is 22.5 Å². The normalized spacial score (nSPS) is 10.7. The van der Waals surface area contributed by atoms with Crippen LogP contribution in [0.3, 0.4) is 0 Å². The highest BCUT2D eigenvalue weighted by Crippen LogP contribution is 2.25. The van der Waals surface area contributed by atoms with Crippen LogP contribution in [0.25, 0.3) is 5.69 Å². The highest BCUT2D eigenvalue weighted by molar-refractivity contribution is 7.99. The van der Waals surface area contributed by atoms with Gasteiger partial charge in [0.25, 0.3) is 0 Å². The van der Waals surface area contributed by atoms with Crippen molar-refractivity contribution in [2.24, 2.45) is 0 Å². The molecule has 0 amide bonds. The van der Waals surface area contributed by atoms with Crippen molar-refractivity contribution in [1.29, 1.82) is 0 Å². The minimum atomic E-state index is -0.396. The largest absolute Gasteiger partial charge is 0.508 e. The van der Waals surface area contributed by atoms with E-state index >= 15 is 0 Å². The summed E-state index contributed by atoms with van der Waals surface area (Å²) in [6.45, 7) is 0. The third-order valence-electron chi connectivity index (χ3n) is 2.43. The maximum absolute atomic E-state index is 12.8. The zero-order chi connectivity index (χ0) is 13.9. The second kappa shape index (κ2) is 5.25. The van der Waals surface area contributed by atoms with Crippen LogP contribution >= 0.6 is 11.8 Å². The zero-order valence-corrected chi connectivity index (χ0v) is 10.8. The summed E-state index contributed by atoms with van der Waals surface area (Å²) in [7, 11) is 0. The van der Waals surface area contributed by atoms with Crippen molar-refractivity contribution in [2.75, 3.05) is 0 Å². The molecule has 0 spiro atoms. The van der Waals surface area contributed by atoms with Crippen molar-refractivity contribution in [2.45, 2.75) is 10.2 Å². The number of tetrazole rings is 1. The van der Waals surface area contributed by atoms with Crippen molar-refractivity contribution in [1.82, 2.24) is 25.2 Å². The van der Waals surface area contributed by atoms with Gasteiger partial charge >= 0.3 is 0 Å². The fraction of sp³-hybridized carbons (Fsp3) is 0. The Balaban J connectivity index is 1.90. The van der Waals surface area contributed by atoms with Gasteiger partial charge in [-0.15, -0.1) is 5.10 Å². The van der Waals surface area contributed by atoms with Gasteiger partial charge in [-0.05, 0) is 58.6 Å². The number of halogens is 1. The molecule has 1 N–H and O–H groups in total. The lowest BCUT2D eigenvalue weighted by Crippen LogP contribution is -1.98. The molecule has 0 fully saturated rings. The Morgan fingerprint density at radius 2 is 1.90 bits per heavy atom. The van der Waals surface area contributed by atoms with Crippen LogP contribution < -0.4 is 0 Å². The molecule has 0 bridgehead atoms. The smallest absolute Gasteiger partial charge is 0.220 e. The first-order valence-electron chi connectivity index (χ1n) is 5.59. The predicted octanol–water partition coefficient (Wildman–Crippen LogP) is 2.05. The minimum absolute atomic E-state index is 0.163. The Kier molecular flexibility index (Phi) is 3.30. The summed E-state index contributed by atoms with van der Waals surface area (Å²) >= 11 is 1.22. The number of rotatable bonds is 3. The van der Waals surface area contributed by atoms with Crippen LogP contribution in [-0.2, 0) is 0 Å². The van der Waals surface area contributed by atoms with Crippen molar-refractivity contribution < 1.29 is 9.50 Å². The Hall–Kier alpha value is -2.48. The van der Waals surface area contributed by atoms with E-state index in [0.29, 0.717) is 15.9 Å². The number of aromatic nitrogens is 5. The number of pyridine rings is 1. The first kappa shape index (κ1) is 12.5. The monoisotopic (exact) mass is 289 g/mol. The molecule has 20 heavy (non-hydrogen) atoms. The molecule has 2 aromatic heterocycles. The second-order valence-electron chi connectivity index (χ2n) is 3.81. The molecular weight excluding hydrogens is 281 g/mol. The van der Waals surface area contributed by atoms with Gasteiger partial charge < -0.3 is 5.11 Å². The molecule has 8 heteroatoms. The Labute approximate surface area is 117 Å². The van der Waals surface area contributed by atoms with Crippen LogP contribution in [0.1, 0.15) is 0 Å². The van der Waals surface area contributed by atoms with E-state index < -0.39 is 5.82 Å². The van der Waals surface area contributed by atoms with Gasteiger partial charge in [-0.3, -0.25) is 0 Å². The summed E-state index contributed by atoms with van der Waals surface area (Å²) in [6.07, 6.45) is 1.14. The second-order valence-corrected chi connectivity index (χ2v) is 4.79. The molecule has 100 valence electrons. The molecule has 1 aromatic carbocycles. The zero-order valence-electron chi connectivity index (χ0n) is 10.0. The molecule has 0 aliphatic heterocycles. The molecule has 6 nitrogen and oxygen atoms in total. The van der Waals surface area contributed by atoms with Gasteiger partial charge in [0, 0.05) is 0 Å². The summed E-state index contributed by atoms with van der Waals surface area (Å²) in [5.74, 6) is -0.233. The SMILES string of the molecule is Oc1ccc(-n2nnnc2Sc2ccc(F)cn2)cc1. The molecule has 0 aliphatic rings. The van der Waals surface area contributed by atoms with Crippen molar-refractivity contribution in [3.8, 4) is 11.4 Å². The topological polar surface area (TPSA) is 76.7 Å². The molecule has 0 radical (unpaired) electrons. The van der Waals surface area contributed by atoms with Gasteiger partial charge in [-0.2, -0.15) is 4.68 Å². The number of phenols is 1. The number of phenolic OH excluding ortho intramolecular Hbond substituents is 1. The van der Waals surface area contributed by atoms with E-state index in [1.54, 1.807) is 30.3 Å². The number of nitrogens with zero attached hydrogens (tertiary/aromatic N) is 5. The van der Waals surface area contributed by atoms with Gasteiger partial charge in [-0.1, -0.05) is 0 Å². The van der Waals surface area contributed by atoms with Crippen molar-refractivity contribution >= 4 is 11.8 Å². The van der Waals surface area contributed by atoms with Crippen LogP contribution in [0.15, 0.2) is 52.8 Å². The lowest BCUT2D eigenvalue weighted by atomic mass is 10.3. The average Bonchev–Trinajstić information content (AvgIpc) is 2.90. The molecular formula is C12H8FN5OS. The molecule has 0 atom stereocenters. The van der Waals surface area contributed by atoms with Gasteiger partial charge in [0.2, 0.25) is 5.16 Å². The van der Waals surface area contributed by atoms with Gasteiger partial charge in [0.05, 0.1) is 11.9 Å². The Morgan fingerprint density at radius 1 is 1.10 bits per heavy atom. The van der Waals surface area contributed by atoms with Crippen LogP contribution in [-0.4, -0.2) is 30.3 Å². The average molecular weight is 289 g/mol. The van der Waals surface area contributed by atoms with Crippen LogP contribution in [0, 0.1) is 5.82 Å². The summed E-state index contributed by atoms with van der Waals surface area (Å²) in [5, 5.41) is 21.7. The van der Waals surface area contributed by atoms with E-state index in [9.17, 15) is 9.50 Å². The number of hydrogen-bond acceptors (Lipinski definition) is 6. The van der Waals surface area contributed by atoms with Crippen LogP contribution in [0.2, 0.25) is 0 Å². The van der Waals surface area contributed by atoms with E-state index in [-0.39, 0.29) is 5.75 Å². The maximum atomic E-state index is 12.8. The number of benzene rings is 1. The first-order valence-corrected chi connectivity index (χ1v) is 6.41. The molecule has 2 heterocycles. The van der Waals surface area contributed by atoms with E-state index in [1.807, 2.05) is 0 Å². The fourth-order valence-corrected chi connectivity index (χ4v) is 2.25. The standard InChI is InChI=1S/C12H8FN5OS/c13-8-1-6-11(14-7-8)20-12-15-16-17-18(12)9-2-4-10(19)5-3-9/h1-7,19H. The minimum Gasteiger partial charge on any atom is -0.508 e. The fourth-order valence-electron chi connectivity index (χ4n) is 1.51. The van der Waals surface area contributed by atoms with Gasteiger partial charge in [0.15, 0.2) is 0 Å². The van der Waals surface area contributed by atoms with Crippen molar-refractivity contribution in [3.05, 3.63) is 48.4 Å². The summed E-state index contributed by atoms with van der Waals surface area (Å²) in [6, 6.07) is 9.34. The maximum Gasteiger partial charge on any atom is 0.220 e. The molecule has 3 aromatic rings. The van der Waals surface area contributed by atoms with E-state index in [2.05, 4.69) is 20.5 Å². The van der Waals surface area contributed by atoms with Gasteiger partial charge in [-0.25, -0.2) is 9.37 Å². The predicted molar refractivity (Wildman–Crippen MR) is 69.1 cm³/mol. The van der Waals surface area contributed by atoms with Gasteiger partial charge in [0.1, 0.15) is 16.6 Å². The number of hydrogen-bond donors (Lipinski definition) is 1. The Bertz CT molecular complexity index is 713. The molecule has 0 saturated carbocycles. The van der Waals surface area contributed by atoms with Crippen LogP contribution in [0.4, 0.5) is 4.39 Å². The summed E-state index contributed by atoms with van der Waals surface area (Å²) in [5.41, 5.74) is 0.706. The highest BCUT2D eigenvalue weighted by Gasteiger charge is 2.10. The van der Waals surface area contributed by atoms with E-state index in [4.69, 9.17) is 0 Å². The quantitative estimate of drug-likeness (QED) is 0.795. The third kappa shape index (κ3) is 2.59. The summed E-state index contributed by atoms with van der Waals surface area (Å²) < 4.78 is 14.3.